The monoisotopic (exact) mass is 376 g/mol. The molecule has 1 saturated carbocycles. The summed E-state index contributed by atoms with van der Waals surface area (Å²) in [6.07, 6.45) is 5.90. The first-order valence-corrected chi connectivity index (χ1v) is 9.88. The molecule has 0 spiro atoms. The Morgan fingerprint density at radius 1 is 1.15 bits per heavy atom. The highest BCUT2D eigenvalue weighted by Gasteiger charge is 2.28. The molecule has 6 nitrogen and oxygen atoms in total. The van der Waals surface area contributed by atoms with Gasteiger partial charge in [0.05, 0.1) is 13.7 Å². The Morgan fingerprint density at radius 3 is 2.30 bits per heavy atom. The van der Waals surface area contributed by atoms with Crippen LogP contribution < -0.4 is 0 Å². The van der Waals surface area contributed by atoms with Crippen LogP contribution in [0.4, 0.5) is 0 Å². The van der Waals surface area contributed by atoms with Gasteiger partial charge in [0.1, 0.15) is 5.69 Å². The Morgan fingerprint density at radius 2 is 1.78 bits per heavy atom. The van der Waals surface area contributed by atoms with Crippen LogP contribution in [-0.2, 0) is 16.1 Å². The lowest BCUT2D eigenvalue weighted by Gasteiger charge is -2.28. The van der Waals surface area contributed by atoms with E-state index in [0.717, 1.165) is 18.5 Å². The predicted molar refractivity (Wildman–Crippen MR) is 104 cm³/mol. The highest BCUT2D eigenvalue weighted by atomic mass is 16.5. The average Bonchev–Trinajstić information content (AvgIpc) is 2.90. The van der Waals surface area contributed by atoms with Crippen molar-refractivity contribution in [3.05, 3.63) is 22.5 Å². The van der Waals surface area contributed by atoms with Crippen molar-refractivity contribution in [2.75, 3.05) is 20.2 Å². The second-order valence-electron chi connectivity index (χ2n) is 7.50. The Balaban J connectivity index is 2.26. The van der Waals surface area contributed by atoms with Crippen molar-refractivity contribution in [1.29, 1.82) is 0 Å². The van der Waals surface area contributed by atoms with Gasteiger partial charge in [0, 0.05) is 31.3 Å². The molecule has 0 N–H and O–H groups in total. The maximum absolute atomic E-state index is 13.1. The lowest BCUT2D eigenvalue weighted by atomic mass is 9.89. The van der Waals surface area contributed by atoms with Crippen LogP contribution in [0.25, 0.3) is 0 Å². The van der Waals surface area contributed by atoms with E-state index in [0.29, 0.717) is 35.8 Å². The summed E-state index contributed by atoms with van der Waals surface area (Å²) < 4.78 is 6.71. The lowest BCUT2D eigenvalue weighted by Crippen LogP contribution is -2.38. The third-order valence-corrected chi connectivity index (χ3v) is 5.72. The fourth-order valence-corrected chi connectivity index (χ4v) is 4.30. The molecule has 6 heteroatoms. The summed E-state index contributed by atoms with van der Waals surface area (Å²) in [4.78, 5) is 39.0. The number of hydrogen-bond acceptors (Lipinski definition) is 4. The maximum Gasteiger partial charge on any atom is 0.354 e. The largest absolute Gasteiger partial charge is 0.464 e. The predicted octanol–water partition coefficient (Wildman–Crippen LogP) is 3.52. The standard InChI is InChI=1S/C21H32N2O4/c1-6-23-15(3)19(14(2)20(23)21(26)27-5)18(25)13-22(16(4)24)12-17-10-8-7-9-11-17/h17H,6-13H2,1-5H3. The van der Waals surface area contributed by atoms with E-state index >= 15 is 0 Å². The zero-order valence-corrected chi connectivity index (χ0v) is 17.3. The van der Waals surface area contributed by atoms with E-state index < -0.39 is 5.97 Å². The summed E-state index contributed by atoms with van der Waals surface area (Å²) in [5.74, 6) is -0.161. The number of Topliss-reactive ketones (excluding diaryl/α,β-unsaturated/α-hetero) is 1. The third kappa shape index (κ3) is 4.60. The zero-order chi connectivity index (χ0) is 20.1. The fourth-order valence-electron chi connectivity index (χ4n) is 4.30. The normalized spacial score (nSPS) is 14.9. The van der Waals surface area contributed by atoms with E-state index in [1.54, 1.807) is 11.8 Å². The van der Waals surface area contributed by atoms with E-state index in [9.17, 15) is 14.4 Å². The number of ketones is 1. The van der Waals surface area contributed by atoms with E-state index in [4.69, 9.17) is 4.74 Å². The molecule has 1 heterocycles. The number of carbonyl (C=O) groups excluding carboxylic acids is 3. The zero-order valence-electron chi connectivity index (χ0n) is 17.3. The second kappa shape index (κ2) is 9.20. The number of aromatic nitrogens is 1. The number of hydrogen-bond donors (Lipinski definition) is 0. The summed E-state index contributed by atoms with van der Waals surface area (Å²) in [7, 11) is 1.34. The van der Waals surface area contributed by atoms with Gasteiger partial charge in [-0.2, -0.15) is 0 Å². The minimum absolute atomic E-state index is 0.0574. The molecule has 1 aliphatic rings. The first kappa shape index (κ1) is 21.2. The Labute approximate surface area is 161 Å². The van der Waals surface area contributed by atoms with Crippen LogP contribution >= 0.6 is 0 Å². The van der Waals surface area contributed by atoms with Crippen LogP contribution in [0.5, 0.6) is 0 Å². The van der Waals surface area contributed by atoms with Gasteiger partial charge in [0.15, 0.2) is 5.78 Å². The summed E-state index contributed by atoms with van der Waals surface area (Å²) in [5.41, 5.74) is 2.34. The lowest BCUT2D eigenvalue weighted by molar-refractivity contribution is -0.129. The van der Waals surface area contributed by atoms with Crippen LogP contribution in [0.1, 0.15) is 78.1 Å². The molecule has 1 amide bonds. The molecule has 0 atom stereocenters. The molecule has 0 saturated heterocycles. The van der Waals surface area contributed by atoms with Crippen molar-refractivity contribution in [1.82, 2.24) is 9.47 Å². The molecule has 2 rings (SSSR count). The quantitative estimate of drug-likeness (QED) is 0.539. The van der Waals surface area contributed by atoms with Crippen molar-refractivity contribution in [3.63, 3.8) is 0 Å². The van der Waals surface area contributed by atoms with Gasteiger partial charge in [-0.25, -0.2) is 4.79 Å². The molecule has 1 aliphatic carbocycles. The van der Waals surface area contributed by atoms with Gasteiger partial charge in [-0.1, -0.05) is 19.3 Å². The van der Waals surface area contributed by atoms with Gasteiger partial charge in [-0.15, -0.1) is 0 Å². The summed E-state index contributed by atoms with van der Waals surface area (Å²) in [6.45, 7) is 8.33. The Kier molecular flexibility index (Phi) is 7.22. The van der Waals surface area contributed by atoms with Crippen LogP contribution in [0.3, 0.4) is 0 Å². The van der Waals surface area contributed by atoms with E-state index in [-0.39, 0.29) is 18.2 Å². The van der Waals surface area contributed by atoms with Gasteiger partial charge in [0.2, 0.25) is 5.91 Å². The van der Waals surface area contributed by atoms with Crippen LogP contribution in [-0.4, -0.2) is 47.3 Å². The van der Waals surface area contributed by atoms with Gasteiger partial charge in [-0.05, 0) is 45.1 Å². The number of ether oxygens (including phenoxy) is 1. The topological polar surface area (TPSA) is 68.6 Å². The summed E-state index contributed by atoms with van der Waals surface area (Å²) in [5, 5.41) is 0. The van der Waals surface area contributed by atoms with Crippen molar-refractivity contribution < 1.29 is 19.1 Å². The number of methoxy groups -OCH3 is 1. The average molecular weight is 376 g/mol. The van der Waals surface area contributed by atoms with Crippen molar-refractivity contribution >= 4 is 17.7 Å². The third-order valence-electron chi connectivity index (χ3n) is 5.72. The van der Waals surface area contributed by atoms with Crippen LogP contribution in [0.2, 0.25) is 0 Å². The maximum atomic E-state index is 13.1. The van der Waals surface area contributed by atoms with Gasteiger partial charge < -0.3 is 14.2 Å². The van der Waals surface area contributed by atoms with Gasteiger partial charge in [-0.3, -0.25) is 9.59 Å². The number of esters is 1. The molecule has 0 aliphatic heterocycles. The second-order valence-corrected chi connectivity index (χ2v) is 7.50. The Hall–Kier alpha value is -2.11. The fraction of sp³-hybridized carbons (Fsp3) is 0.667. The summed E-state index contributed by atoms with van der Waals surface area (Å²) in [6, 6.07) is 0. The Bertz CT molecular complexity index is 714. The molecule has 1 fully saturated rings. The molecule has 0 aromatic carbocycles. The van der Waals surface area contributed by atoms with E-state index in [2.05, 4.69) is 0 Å². The minimum Gasteiger partial charge on any atom is -0.464 e. The number of amides is 1. The minimum atomic E-state index is -0.442. The van der Waals surface area contributed by atoms with E-state index in [1.165, 1.54) is 33.3 Å². The molecule has 150 valence electrons. The smallest absolute Gasteiger partial charge is 0.354 e. The molecule has 0 unspecified atom stereocenters. The van der Waals surface area contributed by atoms with Crippen molar-refractivity contribution in [3.8, 4) is 0 Å². The molecule has 27 heavy (non-hydrogen) atoms. The molecule has 1 aromatic heterocycles. The molecule has 1 aromatic rings. The van der Waals surface area contributed by atoms with E-state index in [1.807, 2.05) is 18.4 Å². The van der Waals surface area contributed by atoms with Gasteiger partial charge in [0.25, 0.3) is 0 Å². The van der Waals surface area contributed by atoms with Gasteiger partial charge >= 0.3 is 5.97 Å². The SMILES string of the molecule is CCn1c(C)c(C(=O)CN(CC2CCCCC2)C(C)=O)c(C)c1C(=O)OC. The molecular weight excluding hydrogens is 344 g/mol. The number of nitrogens with zero attached hydrogens (tertiary/aromatic N) is 2. The molecule has 0 bridgehead atoms. The summed E-state index contributed by atoms with van der Waals surface area (Å²) >= 11 is 0. The molecular formula is C21H32N2O4. The first-order chi connectivity index (χ1) is 12.8. The first-order valence-electron chi connectivity index (χ1n) is 9.88. The van der Waals surface area contributed by atoms with Crippen molar-refractivity contribution in [2.45, 2.75) is 66.3 Å². The number of carbonyl (C=O) groups is 3. The highest BCUT2D eigenvalue weighted by Crippen LogP contribution is 2.26. The highest BCUT2D eigenvalue weighted by molar-refractivity contribution is 6.04. The molecule has 0 radical (unpaired) electrons. The van der Waals surface area contributed by atoms with Crippen LogP contribution in [0, 0.1) is 19.8 Å². The van der Waals surface area contributed by atoms with Crippen molar-refractivity contribution in [2.24, 2.45) is 5.92 Å². The van der Waals surface area contributed by atoms with Crippen LogP contribution in [0.15, 0.2) is 0 Å². The number of rotatable bonds is 7.